The number of nitrogens with zero attached hydrogens (tertiary/aromatic N) is 1. The molecule has 2 rings (SSSR count). The fourth-order valence-electron chi connectivity index (χ4n) is 3.21. The van der Waals surface area contributed by atoms with Gasteiger partial charge in [0, 0.05) is 31.5 Å². The summed E-state index contributed by atoms with van der Waals surface area (Å²) >= 11 is 0. The number of hydrogen-bond acceptors (Lipinski definition) is 8. The lowest BCUT2D eigenvalue weighted by Gasteiger charge is -2.37. The molecule has 4 unspecified atom stereocenters. The minimum absolute atomic E-state index is 0.0379. The highest BCUT2D eigenvalue weighted by Gasteiger charge is 2.51. The minimum Gasteiger partial charge on any atom is -0.388 e. The van der Waals surface area contributed by atoms with Crippen LogP contribution in [0.1, 0.15) is 58.6 Å². The Bertz CT molecular complexity index is 780. The number of nitrogens with one attached hydrogen (secondary N) is 1. The summed E-state index contributed by atoms with van der Waals surface area (Å²) in [6, 6.07) is 0. The van der Waals surface area contributed by atoms with E-state index < -0.39 is 48.6 Å². The Kier molecular flexibility index (Phi) is 7.44. The van der Waals surface area contributed by atoms with Gasteiger partial charge in [-0.2, -0.15) is 0 Å². The molecule has 166 valence electrons. The third-order valence-corrected chi connectivity index (χ3v) is 7.86. The predicted octanol–water partition coefficient (Wildman–Crippen LogP) is 1.46. The Morgan fingerprint density at radius 2 is 2.00 bits per heavy atom. The lowest BCUT2D eigenvalue weighted by atomic mass is 9.92. The lowest BCUT2D eigenvalue weighted by Crippen LogP contribution is -2.40. The van der Waals surface area contributed by atoms with Gasteiger partial charge in [-0.1, -0.05) is 13.8 Å². The summed E-state index contributed by atoms with van der Waals surface area (Å²) in [5, 5.41) is 19.1. The van der Waals surface area contributed by atoms with Gasteiger partial charge in [0.1, 0.15) is 18.3 Å². The Balaban J connectivity index is 2.23. The number of hydrogen-bond donors (Lipinski definition) is 4. The maximum absolute atomic E-state index is 12.6. The van der Waals surface area contributed by atoms with Gasteiger partial charge < -0.3 is 34.1 Å². The number of aromatic nitrogens is 2. The van der Waals surface area contributed by atoms with Crippen LogP contribution in [0.4, 0.5) is 0 Å². The Morgan fingerprint density at radius 1 is 1.34 bits per heavy atom. The van der Waals surface area contributed by atoms with Gasteiger partial charge in [-0.15, -0.1) is 0 Å². The first-order valence-corrected chi connectivity index (χ1v) is 11.1. The van der Waals surface area contributed by atoms with Crippen LogP contribution in [-0.4, -0.2) is 61.4 Å². The maximum atomic E-state index is 12.6. The molecule has 0 radical (unpaired) electrons. The summed E-state index contributed by atoms with van der Waals surface area (Å²) in [6.07, 6.45) is 0.0191. The standard InChI is InChI=1S/C18H31N2O8P/c1-6-17(3,28-29(24,25)18(4,23)7-2)8-12-13(21)15(26-5)14(27-12)11-9-19-16(22)20-10-11/h9-10,12-15,21,23H,6-8H2,1-5H3,(H,24,25)(H,19,20,22)/t12-,13?,14+,15+,17?,18?/m1/s1. The highest BCUT2D eigenvalue weighted by atomic mass is 31.2. The normalized spacial score (nSPS) is 31.0. The van der Waals surface area contributed by atoms with Crippen LogP contribution in [-0.2, 0) is 18.6 Å². The largest absolute Gasteiger partial charge is 0.388 e. The van der Waals surface area contributed by atoms with Gasteiger partial charge in [0.15, 0.2) is 5.34 Å². The molecule has 7 atom stereocenters. The third-order valence-electron chi connectivity index (χ3n) is 5.63. The molecule has 0 aromatic carbocycles. The van der Waals surface area contributed by atoms with Crippen molar-refractivity contribution in [1.82, 2.24) is 9.97 Å². The number of aliphatic hydroxyl groups is 2. The molecule has 0 spiro atoms. The van der Waals surface area contributed by atoms with Crippen molar-refractivity contribution in [1.29, 1.82) is 0 Å². The highest BCUT2D eigenvalue weighted by molar-refractivity contribution is 7.54. The second-order valence-corrected chi connectivity index (χ2v) is 10.0. The zero-order chi connectivity index (χ0) is 22.0. The predicted molar refractivity (Wildman–Crippen MR) is 104 cm³/mol. The molecule has 1 aliphatic rings. The summed E-state index contributed by atoms with van der Waals surface area (Å²) in [5.41, 5.74) is -1.13. The first-order valence-electron chi connectivity index (χ1n) is 9.56. The minimum atomic E-state index is -4.37. The molecule has 1 aromatic heterocycles. The first kappa shape index (κ1) is 24.1. The van der Waals surface area contributed by atoms with E-state index in [2.05, 4.69) is 9.97 Å². The molecule has 1 aromatic rings. The fraction of sp³-hybridized carbons (Fsp3) is 0.778. The van der Waals surface area contributed by atoms with Crippen LogP contribution in [0.5, 0.6) is 0 Å². The van der Waals surface area contributed by atoms with E-state index >= 15 is 0 Å². The van der Waals surface area contributed by atoms with E-state index in [1.807, 2.05) is 0 Å². The second kappa shape index (κ2) is 8.93. The number of H-pyrrole nitrogens is 1. The van der Waals surface area contributed by atoms with Gasteiger partial charge >= 0.3 is 13.3 Å². The summed E-state index contributed by atoms with van der Waals surface area (Å²) in [7, 11) is -2.94. The maximum Gasteiger partial charge on any atom is 0.359 e. The highest BCUT2D eigenvalue weighted by Crippen LogP contribution is 2.59. The van der Waals surface area contributed by atoms with Crippen LogP contribution in [0.2, 0.25) is 0 Å². The molecule has 2 heterocycles. The molecule has 1 saturated heterocycles. The second-order valence-electron chi connectivity index (χ2n) is 7.83. The van der Waals surface area contributed by atoms with Crippen molar-refractivity contribution in [3.8, 4) is 0 Å². The van der Waals surface area contributed by atoms with Gasteiger partial charge in [-0.3, -0.25) is 4.57 Å². The average Bonchev–Trinajstić information content (AvgIpc) is 2.97. The summed E-state index contributed by atoms with van der Waals surface area (Å²) in [4.78, 5) is 27.6. The van der Waals surface area contributed by atoms with E-state index in [-0.39, 0.29) is 12.8 Å². The molecule has 10 nitrogen and oxygen atoms in total. The monoisotopic (exact) mass is 434 g/mol. The van der Waals surface area contributed by atoms with Crippen molar-refractivity contribution in [2.75, 3.05) is 7.11 Å². The molecule has 29 heavy (non-hydrogen) atoms. The van der Waals surface area contributed by atoms with Crippen LogP contribution in [0.3, 0.4) is 0 Å². The Labute approximate surface area is 169 Å². The lowest BCUT2D eigenvalue weighted by molar-refractivity contribution is -0.0531. The van der Waals surface area contributed by atoms with Gasteiger partial charge in [-0.25, -0.2) is 9.78 Å². The van der Waals surface area contributed by atoms with E-state index in [1.54, 1.807) is 20.8 Å². The van der Waals surface area contributed by atoms with Crippen LogP contribution < -0.4 is 5.69 Å². The van der Waals surface area contributed by atoms with Crippen molar-refractivity contribution in [2.45, 2.75) is 82.3 Å². The molecule has 0 bridgehead atoms. The number of aromatic amines is 1. The molecule has 1 fully saturated rings. The fourth-order valence-corrected chi connectivity index (χ4v) is 4.61. The van der Waals surface area contributed by atoms with E-state index in [0.717, 1.165) is 0 Å². The first-order chi connectivity index (χ1) is 13.4. The molecule has 11 heteroatoms. The van der Waals surface area contributed by atoms with Gasteiger partial charge in [0.2, 0.25) is 0 Å². The van der Waals surface area contributed by atoms with E-state index in [1.165, 1.54) is 26.4 Å². The van der Waals surface area contributed by atoms with Crippen molar-refractivity contribution in [3.63, 3.8) is 0 Å². The smallest absolute Gasteiger partial charge is 0.359 e. The van der Waals surface area contributed by atoms with E-state index in [0.29, 0.717) is 12.0 Å². The summed E-state index contributed by atoms with van der Waals surface area (Å²) in [6.45, 7) is 6.25. The van der Waals surface area contributed by atoms with Crippen LogP contribution in [0, 0.1) is 0 Å². The topological polar surface area (TPSA) is 151 Å². The van der Waals surface area contributed by atoms with Crippen LogP contribution in [0.15, 0.2) is 17.2 Å². The van der Waals surface area contributed by atoms with Crippen molar-refractivity contribution in [3.05, 3.63) is 28.4 Å². The molecule has 0 saturated carbocycles. The summed E-state index contributed by atoms with van der Waals surface area (Å²) < 4.78 is 29.6. The molecular formula is C18H31N2O8P. The van der Waals surface area contributed by atoms with E-state index in [9.17, 15) is 24.5 Å². The van der Waals surface area contributed by atoms with Crippen molar-refractivity contribution < 1.29 is 33.7 Å². The zero-order valence-electron chi connectivity index (χ0n) is 17.4. The average molecular weight is 434 g/mol. The van der Waals surface area contributed by atoms with Crippen LogP contribution >= 0.6 is 7.60 Å². The zero-order valence-corrected chi connectivity index (χ0v) is 18.3. The molecule has 1 aliphatic heterocycles. The molecule has 0 amide bonds. The number of methoxy groups -OCH3 is 1. The number of ether oxygens (including phenoxy) is 2. The van der Waals surface area contributed by atoms with Gasteiger partial charge in [0.05, 0.1) is 11.7 Å². The van der Waals surface area contributed by atoms with E-state index in [4.69, 9.17) is 14.0 Å². The quantitative estimate of drug-likeness (QED) is 0.423. The third kappa shape index (κ3) is 5.14. The Hall–Kier alpha value is -1.13. The van der Waals surface area contributed by atoms with Gasteiger partial charge in [0.25, 0.3) is 0 Å². The number of aliphatic hydroxyl groups excluding tert-OH is 1. The SMILES string of the molecule is CCC(C)(C[C@H]1O[C@@H](c2cnc(=O)[nH]c2)[C@@H](OC)C1O)OP(=O)(O)C(C)(O)CC. The van der Waals surface area contributed by atoms with Crippen LogP contribution in [0.25, 0.3) is 0 Å². The van der Waals surface area contributed by atoms with Gasteiger partial charge in [-0.05, 0) is 26.7 Å². The molecular weight excluding hydrogens is 403 g/mol. The Morgan fingerprint density at radius 3 is 2.48 bits per heavy atom. The summed E-state index contributed by atoms with van der Waals surface area (Å²) in [5.74, 6) is 0. The number of rotatable bonds is 9. The van der Waals surface area contributed by atoms with Crippen molar-refractivity contribution >= 4 is 7.60 Å². The molecule has 4 N–H and O–H groups in total. The molecule has 0 aliphatic carbocycles. The van der Waals surface area contributed by atoms with Crippen molar-refractivity contribution in [2.24, 2.45) is 0 Å².